The number of amides is 1. The summed E-state index contributed by atoms with van der Waals surface area (Å²) in [7, 11) is 0. The number of hydrogen-bond donors (Lipinski definition) is 1. The Bertz CT molecular complexity index is 848. The number of nitrogens with one attached hydrogen (secondary N) is 1. The molecule has 0 saturated heterocycles. The first-order valence-electron chi connectivity index (χ1n) is 8.33. The number of oxazole rings is 1. The van der Waals surface area contributed by atoms with Gasteiger partial charge in [0.2, 0.25) is 5.91 Å². The fourth-order valence-electron chi connectivity index (χ4n) is 2.56. The lowest BCUT2D eigenvalue weighted by atomic mass is 10.0. The minimum Gasteiger partial charge on any atom is -0.440 e. The molecule has 4 heteroatoms. The average molecular weight is 322 g/mol. The van der Waals surface area contributed by atoms with Crippen molar-refractivity contribution < 1.29 is 9.21 Å². The van der Waals surface area contributed by atoms with Crippen molar-refractivity contribution in [3.63, 3.8) is 0 Å². The van der Waals surface area contributed by atoms with Gasteiger partial charge in [-0.05, 0) is 41.3 Å². The van der Waals surface area contributed by atoms with E-state index in [4.69, 9.17) is 4.42 Å². The van der Waals surface area contributed by atoms with Gasteiger partial charge in [-0.15, -0.1) is 0 Å². The smallest absolute Gasteiger partial charge is 0.224 e. The number of aromatic nitrogens is 1. The minimum absolute atomic E-state index is 0.0163. The molecule has 0 fully saturated rings. The molecule has 1 aromatic heterocycles. The summed E-state index contributed by atoms with van der Waals surface area (Å²) in [6.45, 7) is 6.17. The summed E-state index contributed by atoms with van der Waals surface area (Å²) < 4.78 is 5.84. The van der Waals surface area contributed by atoms with Crippen molar-refractivity contribution >= 4 is 22.7 Å². The Balaban J connectivity index is 1.75. The van der Waals surface area contributed by atoms with Crippen LogP contribution in [0.15, 0.2) is 46.9 Å². The largest absolute Gasteiger partial charge is 0.440 e. The number of rotatable bonds is 5. The topological polar surface area (TPSA) is 55.1 Å². The Morgan fingerprint density at radius 2 is 1.92 bits per heavy atom. The molecule has 4 nitrogen and oxygen atoms in total. The molecular formula is C20H22N2O2. The molecule has 24 heavy (non-hydrogen) atoms. The average Bonchev–Trinajstić information content (AvgIpc) is 2.97. The lowest BCUT2D eigenvalue weighted by molar-refractivity contribution is -0.115. The van der Waals surface area contributed by atoms with Gasteiger partial charge in [-0.25, -0.2) is 4.98 Å². The molecule has 0 radical (unpaired) electrons. The normalized spacial score (nSPS) is 11.2. The third-order valence-electron chi connectivity index (χ3n) is 4.04. The first kappa shape index (κ1) is 16.2. The molecule has 2 aromatic carbocycles. The van der Waals surface area contributed by atoms with Crippen molar-refractivity contribution in [1.29, 1.82) is 0 Å². The molecule has 0 unspecified atom stereocenters. The van der Waals surface area contributed by atoms with Crippen LogP contribution in [0.1, 0.15) is 50.1 Å². The zero-order chi connectivity index (χ0) is 17.1. The molecular weight excluding hydrogens is 300 g/mol. The number of carbonyl (C=O) groups is 1. The minimum atomic E-state index is 0.0163. The van der Waals surface area contributed by atoms with Gasteiger partial charge < -0.3 is 9.73 Å². The van der Waals surface area contributed by atoms with E-state index in [2.05, 4.69) is 36.3 Å². The molecule has 0 spiro atoms. The highest BCUT2D eigenvalue weighted by atomic mass is 16.3. The van der Waals surface area contributed by atoms with Crippen molar-refractivity contribution in [1.82, 2.24) is 4.98 Å². The molecule has 0 atom stereocenters. The molecule has 1 amide bonds. The van der Waals surface area contributed by atoms with Crippen LogP contribution in [-0.2, 0) is 11.2 Å². The molecule has 0 aliphatic rings. The van der Waals surface area contributed by atoms with Crippen LogP contribution in [0.25, 0.3) is 11.1 Å². The number of hydrogen-bond acceptors (Lipinski definition) is 3. The molecule has 0 aliphatic heterocycles. The van der Waals surface area contributed by atoms with Gasteiger partial charge in [-0.2, -0.15) is 0 Å². The number of anilines is 1. The first-order chi connectivity index (χ1) is 11.5. The molecule has 0 aliphatic carbocycles. The fraction of sp³-hybridized carbons (Fsp3) is 0.300. The monoisotopic (exact) mass is 322 g/mol. The molecule has 124 valence electrons. The summed E-state index contributed by atoms with van der Waals surface area (Å²) in [5.41, 5.74) is 4.90. The molecule has 1 N–H and O–H groups in total. The molecule has 3 aromatic rings. The van der Waals surface area contributed by atoms with Crippen LogP contribution in [0.4, 0.5) is 5.69 Å². The van der Waals surface area contributed by atoms with Crippen LogP contribution in [0, 0.1) is 0 Å². The Kier molecular flexibility index (Phi) is 4.65. The SMILES string of the molecule is CCC(=O)Nc1ccc(Cc2nc3cc(C(C)C)ccc3o2)cc1. The third-order valence-corrected chi connectivity index (χ3v) is 4.04. The highest BCUT2D eigenvalue weighted by Crippen LogP contribution is 2.23. The summed E-state index contributed by atoms with van der Waals surface area (Å²) >= 11 is 0. The van der Waals surface area contributed by atoms with Gasteiger partial charge in [0, 0.05) is 18.5 Å². The number of benzene rings is 2. The second kappa shape index (κ2) is 6.87. The van der Waals surface area contributed by atoms with Crippen LogP contribution in [-0.4, -0.2) is 10.9 Å². The summed E-state index contributed by atoms with van der Waals surface area (Å²) in [4.78, 5) is 16.0. The lowest BCUT2D eigenvalue weighted by Gasteiger charge is -2.04. The summed E-state index contributed by atoms with van der Waals surface area (Å²) in [6.07, 6.45) is 1.11. The number of nitrogens with zero attached hydrogens (tertiary/aromatic N) is 1. The van der Waals surface area contributed by atoms with E-state index in [-0.39, 0.29) is 5.91 Å². The molecule has 0 bridgehead atoms. The van der Waals surface area contributed by atoms with Gasteiger partial charge in [0.25, 0.3) is 0 Å². The molecule has 0 saturated carbocycles. The van der Waals surface area contributed by atoms with Crippen molar-refractivity contribution in [2.75, 3.05) is 5.32 Å². The van der Waals surface area contributed by atoms with Crippen molar-refractivity contribution in [3.8, 4) is 0 Å². The van der Waals surface area contributed by atoms with Gasteiger partial charge >= 0.3 is 0 Å². The zero-order valence-corrected chi connectivity index (χ0v) is 14.3. The molecule has 3 rings (SSSR count). The van der Waals surface area contributed by atoms with E-state index in [1.54, 1.807) is 0 Å². The van der Waals surface area contributed by atoms with Crippen LogP contribution in [0.2, 0.25) is 0 Å². The van der Waals surface area contributed by atoms with Gasteiger partial charge in [0.1, 0.15) is 5.52 Å². The van der Waals surface area contributed by atoms with Crippen LogP contribution < -0.4 is 5.32 Å². The third kappa shape index (κ3) is 3.65. The van der Waals surface area contributed by atoms with E-state index in [0.29, 0.717) is 24.7 Å². The van der Waals surface area contributed by atoms with Crippen LogP contribution >= 0.6 is 0 Å². The van der Waals surface area contributed by atoms with Crippen molar-refractivity contribution in [2.45, 2.75) is 39.5 Å². The van der Waals surface area contributed by atoms with Crippen molar-refractivity contribution in [2.24, 2.45) is 0 Å². The van der Waals surface area contributed by atoms with Gasteiger partial charge in [-0.1, -0.05) is 39.0 Å². The Hall–Kier alpha value is -2.62. The predicted molar refractivity (Wildman–Crippen MR) is 96.3 cm³/mol. The van der Waals surface area contributed by atoms with Crippen molar-refractivity contribution in [3.05, 3.63) is 59.5 Å². The summed E-state index contributed by atoms with van der Waals surface area (Å²) in [5, 5.41) is 2.84. The first-order valence-corrected chi connectivity index (χ1v) is 8.33. The zero-order valence-electron chi connectivity index (χ0n) is 14.3. The highest BCUT2D eigenvalue weighted by Gasteiger charge is 2.09. The second-order valence-corrected chi connectivity index (χ2v) is 6.26. The van der Waals surface area contributed by atoms with E-state index in [1.165, 1.54) is 5.56 Å². The van der Waals surface area contributed by atoms with Crippen LogP contribution in [0.3, 0.4) is 0 Å². The maximum atomic E-state index is 11.4. The lowest BCUT2D eigenvalue weighted by Crippen LogP contribution is -2.09. The van der Waals surface area contributed by atoms with E-state index in [0.717, 1.165) is 22.4 Å². The van der Waals surface area contributed by atoms with E-state index < -0.39 is 0 Å². The van der Waals surface area contributed by atoms with E-state index in [9.17, 15) is 4.79 Å². The number of carbonyl (C=O) groups excluding carboxylic acids is 1. The standard InChI is InChI=1S/C20H22N2O2/c1-4-19(23)21-16-8-5-14(6-9-16)11-20-22-17-12-15(13(2)3)7-10-18(17)24-20/h5-10,12-13H,4,11H2,1-3H3,(H,21,23). The quantitative estimate of drug-likeness (QED) is 0.727. The second-order valence-electron chi connectivity index (χ2n) is 6.26. The Morgan fingerprint density at radius 1 is 1.17 bits per heavy atom. The highest BCUT2D eigenvalue weighted by molar-refractivity contribution is 5.90. The Morgan fingerprint density at radius 3 is 2.58 bits per heavy atom. The summed E-state index contributed by atoms with van der Waals surface area (Å²) in [5.74, 6) is 1.19. The Labute approximate surface area is 141 Å². The summed E-state index contributed by atoms with van der Waals surface area (Å²) in [6, 6.07) is 14.0. The van der Waals surface area contributed by atoms with Gasteiger partial charge in [0.15, 0.2) is 11.5 Å². The van der Waals surface area contributed by atoms with Gasteiger partial charge in [0.05, 0.1) is 0 Å². The maximum Gasteiger partial charge on any atom is 0.224 e. The number of fused-ring (bicyclic) bond motifs is 1. The maximum absolute atomic E-state index is 11.4. The fourth-order valence-corrected chi connectivity index (χ4v) is 2.56. The van der Waals surface area contributed by atoms with Gasteiger partial charge in [-0.3, -0.25) is 4.79 Å². The van der Waals surface area contributed by atoms with E-state index in [1.807, 2.05) is 37.3 Å². The molecule has 1 heterocycles. The predicted octanol–water partition coefficient (Wildman–Crippen LogP) is 4.89. The van der Waals surface area contributed by atoms with E-state index >= 15 is 0 Å². The van der Waals surface area contributed by atoms with Crippen LogP contribution in [0.5, 0.6) is 0 Å².